The fraction of sp³-hybridized carbons (Fsp3) is 0.857. The Morgan fingerprint density at radius 2 is 2.27 bits per heavy atom. The third kappa shape index (κ3) is 1.88. The number of carbonyl (C=O) groups is 1. The molecule has 2 nitrogen and oxygen atoms in total. The maximum Gasteiger partial charge on any atom is 0.320 e. The van der Waals surface area contributed by atoms with E-state index in [1.807, 2.05) is 6.92 Å². The highest BCUT2D eigenvalue weighted by molar-refractivity contribution is 14.1. The van der Waals surface area contributed by atoms with Gasteiger partial charge >= 0.3 is 5.97 Å². The minimum Gasteiger partial charge on any atom is -0.460 e. The highest BCUT2D eigenvalue weighted by Gasteiger charge is 2.41. The van der Waals surface area contributed by atoms with E-state index in [1.165, 1.54) is 0 Å². The van der Waals surface area contributed by atoms with Gasteiger partial charge in [0.1, 0.15) is 10.9 Å². The first kappa shape index (κ1) is 9.77. The van der Waals surface area contributed by atoms with Crippen molar-refractivity contribution in [2.24, 2.45) is 5.92 Å². The molecular formula is C7H10BrIO2. The molecule has 0 saturated carbocycles. The topological polar surface area (TPSA) is 26.3 Å². The number of alkyl halides is 2. The lowest BCUT2D eigenvalue weighted by molar-refractivity contribution is -0.140. The second-order valence-corrected chi connectivity index (χ2v) is 5.79. The van der Waals surface area contributed by atoms with E-state index in [-0.39, 0.29) is 22.8 Å². The van der Waals surface area contributed by atoms with E-state index < -0.39 is 0 Å². The lowest BCUT2D eigenvalue weighted by atomic mass is 10.0. The summed E-state index contributed by atoms with van der Waals surface area (Å²) in [6, 6.07) is 0. The van der Waals surface area contributed by atoms with Crippen molar-refractivity contribution in [1.82, 2.24) is 0 Å². The summed E-state index contributed by atoms with van der Waals surface area (Å²) in [4.78, 5) is 10.9. The standard InChI is InChI=1S/C7H10BrIO2/c1-3-5(8)7(10)11-6(3)4(2)9/h3-6H,1-2H3/t3-,4?,5-,6+/m1/s1. The van der Waals surface area contributed by atoms with Crippen molar-refractivity contribution >= 4 is 44.5 Å². The van der Waals surface area contributed by atoms with Crippen LogP contribution in [-0.4, -0.2) is 20.8 Å². The van der Waals surface area contributed by atoms with E-state index in [0.717, 1.165) is 0 Å². The van der Waals surface area contributed by atoms with E-state index in [9.17, 15) is 4.79 Å². The Hall–Kier alpha value is 0.680. The third-order valence-corrected chi connectivity index (χ3v) is 3.83. The number of ether oxygens (including phenoxy) is 1. The highest BCUT2D eigenvalue weighted by Crippen LogP contribution is 2.32. The van der Waals surface area contributed by atoms with Gasteiger partial charge in [0.25, 0.3) is 0 Å². The molecule has 1 unspecified atom stereocenters. The number of hydrogen-bond donors (Lipinski definition) is 0. The average molecular weight is 333 g/mol. The smallest absolute Gasteiger partial charge is 0.320 e. The van der Waals surface area contributed by atoms with Gasteiger partial charge in [0.15, 0.2) is 0 Å². The first-order valence-corrected chi connectivity index (χ1v) is 5.69. The summed E-state index contributed by atoms with van der Waals surface area (Å²) in [7, 11) is 0. The molecule has 4 heteroatoms. The molecule has 1 aliphatic heterocycles. The van der Waals surface area contributed by atoms with Crippen molar-refractivity contribution in [3.8, 4) is 0 Å². The second-order valence-electron chi connectivity index (χ2n) is 2.84. The van der Waals surface area contributed by atoms with Crippen LogP contribution in [0.5, 0.6) is 0 Å². The first-order chi connectivity index (χ1) is 5.04. The van der Waals surface area contributed by atoms with Gasteiger partial charge in [-0.15, -0.1) is 0 Å². The van der Waals surface area contributed by atoms with Gasteiger partial charge in [-0.25, -0.2) is 0 Å². The largest absolute Gasteiger partial charge is 0.460 e. The molecule has 1 saturated heterocycles. The lowest BCUT2D eigenvalue weighted by Crippen LogP contribution is -2.24. The molecule has 1 fully saturated rings. The Morgan fingerprint density at radius 3 is 2.45 bits per heavy atom. The number of halogens is 2. The first-order valence-electron chi connectivity index (χ1n) is 3.52. The van der Waals surface area contributed by atoms with Crippen LogP contribution in [0.1, 0.15) is 13.8 Å². The lowest BCUT2D eigenvalue weighted by Gasteiger charge is -2.16. The monoisotopic (exact) mass is 332 g/mol. The van der Waals surface area contributed by atoms with Gasteiger partial charge < -0.3 is 4.74 Å². The Labute approximate surface area is 88.3 Å². The number of carbonyl (C=O) groups excluding carboxylic acids is 1. The quantitative estimate of drug-likeness (QED) is 0.418. The fourth-order valence-corrected chi connectivity index (χ4v) is 2.41. The molecule has 1 rings (SSSR count). The Balaban J connectivity index is 2.67. The van der Waals surface area contributed by atoms with Gasteiger partial charge in [-0.1, -0.05) is 45.4 Å². The molecule has 0 aliphatic carbocycles. The Bertz CT molecular complexity index is 172. The summed E-state index contributed by atoms with van der Waals surface area (Å²) in [5.74, 6) is 0.167. The predicted molar refractivity (Wildman–Crippen MR) is 55.2 cm³/mol. The zero-order valence-electron chi connectivity index (χ0n) is 6.38. The van der Waals surface area contributed by atoms with Crippen LogP contribution >= 0.6 is 38.5 Å². The summed E-state index contributed by atoms with van der Waals surface area (Å²) in [5, 5.41) is 0. The van der Waals surface area contributed by atoms with Crippen LogP contribution in [0.3, 0.4) is 0 Å². The highest BCUT2D eigenvalue weighted by atomic mass is 127. The van der Waals surface area contributed by atoms with Crippen molar-refractivity contribution in [2.45, 2.75) is 28.7 Å². The summed E-state index contributed by atoms with van der Waals surface area (Å²) in [6.45, 7) is 4.09. The van der Waals surface area contributed by atoms with Crippen LogP contribution in [0, 0.1) is 5.92 Å². The molecule has 0 amide bonds. The fourth-order valence-electron chi connectivity index (χ4n) is 1.20. The van der Waals surface area contributed by atoms with Crippen LogP contribution in [0.15, 0.2) is 0 Å². The predicted octanol–water partition coefficient (Wildman–Crippen LogP) is 2.13. The molecule has 1 aliphatic rings. The molecular weight excluding hydrogens is 323 g/mol. The maximum atomic E-state index is 11.0. The van der Waals surface area contributed by atoms with Gasteiger partial charge in [-0.3, -0.25) is 4.79 Å². The number of hydrogen-bond acceptors (Lipinski definition) is 2. The molecule has 4 atom stereocenters. The molecule has 0 aromatic heterocycles. The zero-order chi connectivity index (χ0) is 8.59. The van der Waals surface area contributed by atoms with Gasteiger partial charge in [-0.2, -0.15) is 0 Å². The van der Waals surface area contributed by atoms with Crippen molar-refractivity contribution in [3.05, 3.63) is 0 Å². The maximum absolute atomic E-state index is 11.0. The molecule has 0 N–H and O–H groups in total. The van der Waals surface area contributed by atoms with Crippen molar-refractivity contribution in [3.63, 3.8) is 0 Å². The summed E-state index contributed by atoms with van der Waals surface area (Å²) in [6.07, 6.45) is 0.0764. The molecule has 1 heterocycles. The Kier molecular flexibility index (Phi) is 3.19. The van der Waals surface area contributed by atoms with Crippen LogP contribution in [-0.2, 0) is 9.53 Å². The molecule has 0 aromatic carbocycles. The van der Waals surface area contributed by atoms with E-state index in [1.54, 1.807) is 0 Å². The minimum atomic E-state index is -0.119. The van der Waals surface area contributed by atoms with Gasteiger partial charge in [0, 0.05) is 9.84 Å². The third-order valence-electron chi connectivity index (χ3n) is 1.91. The Morgan fingerprint density at radius 1 is 1.73 bits per heavy atom. The van der Waals surface area contributed by atoms with Crippen molar-refractivity contribution in [1.29, 1.82) is 0 Å². The van der Waals surface area contributed by atoms with Crippen LogP contribution in [0.4, 0.5) is 0 Å². The van der Waals surface area contributed by atoms with Gasteiger partial charge in [-0.05, 0) is 6.92 Å². The van der Waals surface area contributed by atoms with Crippen molar-refractivity contribution in [2.75, 3.05) is 0 Å². The molecule has 0 spiro atoms. The van der Waals surface area contributed by atoms with E-state index in [0.29, 0.717) is 3.92 Å². The molecule has 0 bridgehead atoms. The molecule has 64 valence electrons. The normalized spacial score (nSPS) is 40.4. The summed E-state index contributed by atoms with van der Waals surface area (Å²) < 4.78 is 5.54. The molecule has 0 aromatic rings. The van der Waals surface area contributed by atoms with E-state index >= 15 is 0 Å². The number of cyclic esters (lactones) is 1. The van der Waals surface area contributed by atoms with Crippen LogP contribution in [0.25, 0.3) is 0 Å². The second kappa shape index (κ2) is 3.60. The van der Waals surface area contributed by atoms with Crippen LogP contribution in [0.2, 0.25) is 0 Å². The van der Waals surface area contributed by atoms with Gasteiger partial charge in [0.05, 0.1) is 0 Å². The van der Waals surface area contributed by atoms with Crippen molar-refractivity contribution < 1.29 is 9.53 Å². The summed E-state index contributed by atoms with van der Waals surface area (Å²) in [5.41, 5.74) is 0. The van der Waals surface area contributed by atoms with Crippen LogP contribution < -0.4 is 0 Å². The zero-order valence-corrected chi connectivity index (χ0v) is 10.1. The summed E-state index contributed by atoms with van der Waals surface area (Å²) >= 11 is 5.58. The van der Waals surface area contributed by atoms with E-state index in [4.69, 9.17) is 4.74 Å². The number of rotatable bonds is 1. The van der Waals surface area contributed by atoms with Gasteiger partial charge in [0.2, 0.25) is 0 Å². The number of esters is 1. The minimum absolute atomic E-state index is 0.0764. The average Bonchev–Trinajstić information content (AvgIpc) is 2.17. The SMILES string of the molecule is CC(I)[C@H]1OC(=O)[C@H](Br)[C@H]1C. The molecule has 11 heavy (non-hydrogen) atoms. The molecule has 0 radical (unpaired) electrons. The van der Waals surface area contributed by atoms with E-state index in [2.05, 4.69) is 45.4 Å².